The van der Waals surface area contributed by atoms with Crippen molar-refractivity contribution in [2.45, 2.75) is 65.4 Å². The molecule has 1 unspecified atom stereocenters. The summed E-state index contributed by atoms with van der Waals surface area (Å²) >= 11 is 3.47. The Morgan fingerprint density at radius 3 is 2.31 bits per heavy atom. The molecule has 2 aromatic rings. The summed E-state index contributed by atoms with van der Waals surface area (Å²) in [5.74, 6) is 1.43. The second-order valence-electron chi connectivity index (χ2n) is 7.97. The lowest BCUT2D eigenvalue weighted by Crippen LogP contribution is -2.29. The Balaban J connectivity index is 2.24. The van der Waals surface area contributed by atoms with Crippen LogP contribution in [0.2, 0.25) is 0 Å². The van der Waals surface area contributed by atoms with Gasteiger partial charge in [-0.15, -0.1) is 0 Å². The van der Waals surface area contributed by atoms with Crippen LogP contribution in [0, 0.1) is 0 Å². The third-order valence-corrected chi connectivity index (χ3v) is 4.99. The predicted molar refractivity (Wildman–Crippen MR) is 120 cm³/mol. The highest BCUT2D eigenvalue weighted by Gasteiger charge is 2.23. The third kappa shape index (κ3) is 7.07. The molecule has 2 aromatic carbocycles. The molecule has 0 N–H and O–H groups in total. The van der Waals surface area contributed by atoms with E-state index in [0.717, 1.165) is 17.3 Å². The van der Waals surface area contributed by atoms with Gasteiger partial charge < -0.3 is 14.2 Å². The fraction of sp³-hybridized carbons (Fsp3) is 0.458. The summed E-state index contributed by atoms with van der Waals surface area (Å²) in [5.41, 5.74) is 1.32. The molecule has 2 rings (SSSR count). The van der Waals surface area contributed by atoms with Crippen LogP contribution in [0.5, 0.6) is 17.2 Å². The molecule has 0 radical (unpaired) electrons. The van der Waals surface area contributed by atoms with Gasteiger partial charge in [-0.2, -0.15) is 0 Å². The maximum Gasteiger partial charge on any atom is 0.347 e. The van der Waals surface area contributed by atoms with Crippen molar-refractivity contribution in [3.8, 4) is 17.2 Å². The molecular formula is C24H31BrO4. The van der Waals surface area contributed by atoms with Crippen LogP contribution in [0.1, 0.15) is 59.4 Å². The summed E-state index contributed by atoms with van der Waals surface area (Å²) in [6, 6.07) is 13.6. The average Bonchev–Trinajstić information content (AvgIpc) is 2.67. The largest absolute Gasteiger partial charge is 0.475 e. The molecule has 0 bridgehead atoms. The highest BCUT2D eigenvalue weighted by Crippen LogP contribution is 2.36. The SMILES string of the molecule is CCCCC(Oc1cc(Br)ccc1Oc1ccc(C(C)(C)C)cc1)C(=O)OCC. The molecule has 0 aliphatic rings. The molecule has 4 nitrogen and oxygen atoms in total. The number of unbranched alkanes of at least 4 members (excludes halogenated alkanes) is 1. The standard InChI is InChI=1S/C24H31BrO4/c1-6-8-9-21(23(26)27-7-2)29-22-16-18(25)12-15-20(22)28-19-13-10-17(11-14-19)24(3,4)5/h10-16,21H,6-9H2,1-5H3. The molecule has 0 spiro atoms. The third-order valence-electron chi connectivity index (χ3n) is 4.49. The first-order chi connectivity index (χ1) is 13.7. The van der Waals surface area contributed by atoms with Crippen LogP contribution in [0.4, 0.5) is 0 Å². The zero-order valence-electron chi connectivity index (χ0n) is 18.0. The molecule has 0 saturated heterocycles. The maximum absolute atomic E-state index is 12.3. The van der Waals surface area contributed by atoms with Gasteiger partial charge in [-0.3, -0.25) is 0 Å². The van der Waals surface area contributed by atoms with E-state index in [0.29, 0.717) is 30.3 Å². The molecule has 0 fully saturated rings. The van der Waals surface area contributed by atoms with Crippen molar-refractivity contribution in [1.82, 2.24) is 0 Å². The normalized spacial score (nSPS) is 12.3. The first-order valence-corrected chi connectivity index (χ1v) is 10.9. The topological polar surface area (TPSA) is 44.8 Å². The highest BCUT2D eigenvalue weighted by atomic mass is 79.9. The van der Waals surface area contributed by atoms with E-state index in [1.54, 1.807) is 6.92 Å². The Hall–Kier alpha value is -2.01. The van der Waals surface area contributed by atoms with Crippen molar-refractivity contribution >= 4 is 21.9 Å². The number of hydrogen-bond donors (Lipinski definition) is 0. The maximum atomic E-state index is 12.3. The minimum atomic E-state index is -0.658. The second kappa shape index (κ2) is 10.7. The lowest BCUT2D eigenvalue weighted by atomic mass is 9.87. The van der Waals surface area contributed by atoms with Crippen LogP contribution >= 0.6 is 15.9 Å². The number of hydrogen-bond acceptors (Lipinski definition) is 4. The molecule has 158 valence electrons. The van der Waals surface area contributed by atoms with Crippen LogP contribution < -0.4 is 9.47 Å². The van der Waals surface area contributed by atoms with E-state index in [1.165, 1.54) is 5.56 Å². The summed E-state index contributed by atoms with van der Waals surface area (Å²) in [6.07, 6.45) is 1.79. The van der Waals surface area contributed by atoms with Gasteiger partial charge in [0.25, 0.3) is 0 Å². The molecule has 0 saturated carbocycles. The number of carbonyl (C=O) groups is 1. The number of carbonyl (C=O) groups excluding carboxylic acids is 1. The fourth-order valence-corrected chi connectivity index (χ4v) is 3.15. The Bertz CT molecular complexity index is 794. The molecule has 0 heterocycles. The van der Waals surface area contributed by atoms with Crippen molar-refractivity contribution in [1.29, 1.82) is 0 Å². The van der Waals surface area contributed by atoms with Crippen molar-refractivity contribution in [3.05, 3.63) is 52.5 Å². The molecule has 0 aliphatic heterocycles. The van der Waals surface area contributed by atoms with Gasteiger partial charge in [0.1, 0.15) is 5.75 Å². The van der Waals surface area contributed by atoms with Gasteiger partial charge in [0.15, 0.2) is 17.6 Å². The summed E-state index contributed by atoms with van der Waals surface area (Å²) < 4.78 is 18.2. The van der Waals surface area contributed by atoms with Gasteiger partial charge in [0.05, 0.1) is 6.61 Å². The van der Waals surface area contributed by atoms with Crippen LogP contribution in [0.15, 0.2) is 46.9 Å². The van der Waals surface area contributed by atoms with E-state index in [9.17, 15) is 4.79 Å². The monoisotopic (exact) mass is 462 g/mol. The van der Waals surface area contributed by atoms with Gasteiger partial charge in [0, 0.05) is 4.47 Å². The number of benzene rings is 2. The van der Waals surface area contributed by atoms with Gasteiger partial charge in [-0.25, -0.2) is 4.79 Å². The summed E-state index contributed by atoms with van der Waals surface area (Å²) in [5, 5.41) is 0. The number of ether oxygens (including phenoxy) is 3. The molecule has 5 heteroatoms. The van der Waals surface area contributed by atoms with Crippen molar-refractivity contribution in [2.75, 3.05) is 6.61 Å². The number of halogens is 1. The zero-order valence-corrected chi connectivity index (χ0v) is 19.5. The molecule has 0 amide bonds. The smallest absolute Gasteiger partial charge is 0.347 e. The van der Waals surface area contributed by atoms with Gasteiger partial charge >= 0.3 is 5.97 Å². The lowest BCUT2D eigenvalue weighted by molar-refractivity contribution is -0.151. The van der Waals surface area contributed by atoms with Gasteiger partial charge in [-0.05, 0) is 61.1 Å². The van der Waals surface area contributed by atoms with E-state index >= 15 is 0 Å². The van der Waals surface area contributed by atoms with E-state index in [-0.39, 0.29) is 11.4 Å². The highest BCUT2D eigenvalue weighted by molar-refractivity contribution is 9.10. The molecule has 1 atom stereocenters. The van der Waals surface area contributed by atoms with Crippen LogP contribution in [0.25, 0.3) is 0 Å². The van der Waals surface area contributed by atoms with Crippen molar-refractivity contribution in [3.63, 3.8) is 0 Å². The lowest BCUT2D eigenvalue weighted by Gasteiger charge is -2.21. The fourth-order valence-electron chi connectivity index (χ4n) is 2.81. The van der Waals surface area contributed by atoms with E-state index in [4.69, 9.17) is 14.2 Å². The molecule has 0 aromatic heterocycles. The quantitative estimate of drug-likeness (QED) is 0.374. The van der Waals surface area contributed by atoms with Crippen LogP contribution in [-0.4, -0.2) is 18.7 Å². The van der Waals surface area contributed by atoms with E-state index in [2.05, 4.69) is 55.8 Å². The summed E-state index contributed by atoms with van der Waals surface area (Å²) in [6.45, 7) is 10.7. The number of rotatable bonds is 9. The minimum Gasteiger partial charge on any atom is -0.475 e. The second-order valence-corrected chi connectivity index (χ2v) is 8.88. The van der Waals surface area contributed by atoms with Crippen LogP contribution in [0.3, 0.4) is 0 Å². The summed E-state index contributed by atoms with van der Waals surface area (Å²) in [4.78, 5) is 12.3. The average molecular weight is 463 g/mol. The first-order valence-electron chi connectivity index (χ1n) is 10.2. The Labute approximate surface area is 182 Å². The summed E-state index contributed by atoms with van der Waals surface area (Å²) in [7, 11) is 0. The Kier molecular flexibility index (Phi) is 8.57. The van der Waals surface area contributed by atoms with Gasteiger partial charge in [-0.1, -0.05) is 62.2 Å². The van der Waals surface area contributed by atoms with Crippen molar-refractivity contribution in [2.24, 2.45) is 0 Å². The predicted octanol–water partition coefficient (Wildman–Crippen LogP) is 7.04. The van der Waals surface area contributed by atoms with E-state index in [1.807, 2.05) is 30.3 Å². The Morgan fingerprint density at radius 2 is 1.72 bits per heavy atom. The van der Waals surface area contributed by atoms with Gasteiger partial charge in [0.2, 0.25) is 0 Å². The van der Waals surface area contributed by atoms with E-state index < -0.39 is 6.10 Å². The Morgan fingerprint density at radius 1 is 1.03 bits per heavy atom. The van der Waals surface area contributed by atoms with Crippen LogP contribution in [-0.2, 0) is 14.9 Å². The number of esters is 1. The first kappa shape index (κ1) is 23.3. The molecular weight excluding hydrogens is 432 g/mol. The zero-order chi connectivity index (χ0) is 21.4. The minimum absolute atomic E-state index is 0.0799. The van der Waals surface area contributed by atoms with Crippen molar-refractivity contribution < 1.29 is 19.0 Å². The molecule has 0 aliphatic carbocycles. The molecule has 29 heavy (non-hydrogen) atoms.